The Morgan fingerprint density at radius 2 is 2.03 bits per heavy atom. The van der Waals surface area contributed by atoms with Gasteiger partial charge in [-0.1, -0.05) is 29.8 Å². The fourth-order valence-corrected chi connectivity index (χ4v) is 5.07. The summed E-state index contributed by atoms with van der Waals surface area (Å²) in [6, 6.07) is 14.3. The van der Waals surface area contributed by atoms with Gasteiger partial charge in [0.05, 0.1) is 31.4 Å². The lowest BCUT2D eigenvalue weighted by atomic mass is 9.84. The first-order valence-corrected chi connectivity index (χ1v) is 10.7. The first kappa shape index (κ1) is 20.0. The second-order valence-electron chi connectivity index (χ2n) is 7.86. The fourth-order valence-electron chi connectivity index (χ4n) is 4.19. The van der Waals surface area contributed by atoms with Crippen molar-refractivity contribution in [1.29, 1.82) is 0 Å². The number of anilines is 1. The van der Waals surface area contributed by atoms with Crippen molar-refractivity contribution < 1.29 is 14.6 Å². The monoisotopic (exact) mass is 407 g/mol. The highest BCUT2D eigenvalue weighted by atomic mass is 32.2. The molecule has 2 aliphatic rings. The number of hydrogen-bond acceptors (Lipinski definition) is 5. The molecule has 0 aliphatic carbocycles. The molecule has 0 radical (unpaired) electrons. The number of nitrogens with zero attached hydrogens (tertiary/aromatic N) is 1. The number of Topliss-reactive ketones (excluding diaryl/α,β-unsaturated/α-hetero) is 1. The van der Waals surface area contributed by atoms with Crippen LogP contribution in [-0.4, -0.2) is 36.7 Å². The first-order chi connectivity index (χ1) is 14.0. The Bertz CT molecular complexity index is 950. The van der Waals surface area contributed by atoms with Crippen molar-refractivity contribution in [3.8, 4) is 12.3 Å². The van der Waals surface area contributed by atoms with Gasteiger partial charge >= 0.3 is 0 Å². The maximum atomic E-state index is 12.1. The number of carbonyl (C=O) groups excluding carboxylic acids is 1. The van der Waals surface area contributed by atoms with E-state index < -0.39 is 5.60 Å². The molecule has 2 aliphatic heterocycles. The predicted molar refractivity (Wildman–Crippen MR) is 115 cm³/mol. The van der Waals surface area contributed by atoms with Gasteiger partial charge in [0.25, 0.3) is 0 Å². The number of aliphatic hydroxyl groups is 1. The van der Waals surface area contributed by atoms with Crippen LogP contribution in [0.15, 0.2) is 52.3 Å². The van der Waals surface area contributed by atoms with E-state index in [9.17, 15) is 9.90 Å². The molecule has 4 rings (SSSR count). The highest BCUT2D eigenvalue weighted by Gasteiger charge is 2.34. The van der Waals surface area contributed by atoms with Crippen LogP contribution in [0.5, 0.6) is 0 Å². The molecule has 1 fully saturated rings. The van der Waals surface area contributed by atoms with Crippen LogP contribution in [0.25, 0.3) is 0 Å². The molecule has 2 aromatic carbocycles. The molecule has 0 unspecified atom stereocenters. The number of ether oxygens (including phenoxy) is 1. The van der Waals surface area contributed by atoms with Crippen molar-refractivity contribution in [1.82, 2.24) is 0 Å². The Hall–Kier alpha value is -2.26. The summed E-state index contributed by atoms with van der Waals surface area (Å²) in [5, 5.41) is 11.0. The van der Waals surface area contributed by atoms with Gasteiger partial charge < -0.3 is 14.7 Å². The van der Waals surface area contributed by atoms with E-state index in [2.05, 4.69) is 24.1 Å². The Balaban J connectivity index is 1.51. The lowest BCUT2D eigenvalue weighted by Crippen LogP contribution is -2.37. The summed E-state index contributed by atoms with van der Waals surface area (Å²) >= 11 is 1.65. The highest BCUT2D eigenvalue weighted by Crippen LogP contribution is 2.37. The summed E-state index contributed by atoms with van der Waals surface area (Å²) < 4.78 is 5.57. The molecular formula is C24H25NO3S. The van der Waals surface area contributed by atoms with E-state index >= 15 is 0 Å². The zero-order valence-electron chi connectivity index (χ0n) is 16.6. The van der Waals surface area contributed by atoms with Crippen molar-refractivity contribution in [2.75, 3.05) is 24.6 Å². The van der Waals surface area contributed by atoms with E-state index in [1.54, 1.807) is 11.8 Å². The predicted octanol–water partition coefficient (Wildman–Crippen LogP) is 3.79. The second-order valence-corrected chi connectivity index (χ2v) is 9.01. The number of rotatable bonds is 4. The SMILES string of the molecule is C#CCN1CC(=O)Cc2cc(Sc3ccc([C@@]4(O)CCO[C@@H](C)C4)cc3)ccc21. The summed E-state index contributed by atoms with van der Waals surface area (Å²) in [6.07, 6.45) is 7.20. The topological polar surface area (TPSA) is 49.8 Å². The van der Waals surface area contributed by atoms with Crippen LogP contribution in [0, 0.1) is 12.3 Å². The molecule has 29 heavy (non-hydrogen) atoms. The number of ketones is 1. The van der Waals surface area contributed by atoms with Crippen molar-refractivity contribution >= 4 is 23.2 Å². The van der Waals surface area contributed by atoms with Gasteiger partial charge in [0, 0.05) is 34.7 Å². The van der Waals surface area contributed by atoms with Crippen LogP contribution in [0.2, 0.25) is 0 Å². The number of benzene rings is 2. The van der Waals surface area contributed by atoms with Gasteiger partial charge in [0.1, 0.15) is 0 Å². The number of fused-ring (bicyclic) bond motifs is 1. The molecule has 150 valence electrons. The van der Waals surface area contributed by atoms with E-state index in [0.717, 1.165) is 26.6 Å². The smallest absolute Gasteiger partial charge is 0.156 e. The molecule has 0 bridgehead atoms. The molecule has 1 saturated heterocycles. The Kier molecular flexibility index (Phi) is 5.69. The van der Waals surface area contributed by atoms with Crippen LogP contribution in [0.3, 0.4) is 0 Å². The third-order valence-electron chi connectivity index (χ3n) is 5.60. The number of terminal acetylenes is 1. The molecule has 4 nitrogen and oxygen atoms in total. The minimum absolute atomic E-state index is 0.0649. The maximum absolute atomic E-state index is 12.1. The molecule has 0 amide bonds. The summed E-state index contributed by atoms with van der Waals surface area (Å²) in [5.41, 5.74) is 2.22. The molecule has 0 spiro atoms. The molecule has 2 aromatic rings. The molecule has 0 saturated carbocycles. The summed E-state index contributed by atoms with van der Waals surface area (Å²) in [7, 11) is 0. The fraction of sp³-hybridized carbons (Fsp3) is 0.375. The molecule has 5 heteroatoms. The van der Waals surface area contributed by atoms with E-state index in [1.165, 1.54) is 0 Å². The highest BCUT2D eigenvalue weighted by molar-refractivity contribution is 7.99. The largest absolute Gasteiger partial charge is 0.385 e. The lowest BCUT2D eigenvalue weighted by molar-refractivity contribution is -0.117. The van der Waals surface area contributed by atoms with Crippen LogP contribution < -0.4 is 4.90 Å². The van der Waals surface area contributed by atoms with Gasteiger partial charge in [0.15, 0.2) is 5.78 Å². The van der Waals surface area contributed by atoms with Gasteiger partial charge in [-0.2, -0.15) is 0 Å². The number of hydrogen-bond donors (Lipinski definition) is 1. The number of carbonyl (C=O) groups is 1. The van der Waals surface area contributed by atoms with Crippen molar-refractivity contribution in [3.05, 3.63) is 53.6 Å². The summed E-state index contributed by atoms with van der Waals surface area (Å²) in [5.74, 6) is 2.82. The van der Waals surface area contributed by atoms with E-state index in [-0.39, 0.29) is 11.9 Å². The average molecular weight is 408 g/mol. The maximum Gasteiger partial charge on any atom is 0.156 e. The van der Waals surface area contributed by atoms with Crippen LogP contribution >= 0.6 is 11.8 Å². The van der Waals surface area contributed by atoms with Gasteiger partial charge in [-0.25, -0.2) is 0 Å². The normalized spacial score (nSPS) is 24.1. The zero-order chi connectivity index (χ0) is 20.4. The molecule has 1 N–H and O–H groups in total. The first-order valence-electron chi connectivity index (χ1n) is 9.92. The summed E-state index contributed by atoms with van der Waals surface area (Å²) in [4.78, 5) is 16.2. The van der Waals surface area contributed by atoms with Crippen molar-refractivity contribution in [3.63, 3.8) is 0 Å². The lowest BCUT2D eigenvalue weighted by Gasteiger charge is -2.36. The Morgan fingerprint density at radius 3 is 2.76 bits per heavy atom. The van der Waals surface area contributed by atoms with E-state index in [4.69, 9.17) is 11.2 Å². The van der Waals surface area contributed by atoms with Gasteiger partial charge in [-0.3, -0.25) is 4.79 Å². The Morgan fingerprint density at radius 1 is 1.28 bits per heavy atom. The minimum atomic E-state index is -0.812. The molecule has 0 aromatic heterocycles. The van der Waals surface area contributed by atoms with Gasteiger partial charge in [0.2, 0.25) is 0 Å². The van der Waals surface area contributed by atoms with Crippen LogP contribution in [0.4, 0.5) is 5.69 Å². The molecule has 2 heterocycles. The second kappa shape index (κ2) is 8.23. The third-order valence-corrected chi connectivity index (χ3v) is 6.60. The van der Waals surface area contributed by atoms with Crippen LogP contribution in [-0.2, 0) is 21.6 Å². The van der Waals surface area contributed by atoms with E-state index in [1.807, 2.05) is 36.1 Å². The summed E-state index contributed by atoms with van der Waals surface area (Å²) in [6.45, 7) is 3.41. The standard InChI is InChI=1S/C24H25NO3S/c1-3-11-25-16-20(26)13-18-14-22(8-9-23(18)25)29-21-6-4-19(5-7-21)24(27)10-12-28-17(2)15-24/h1,4-9,14,17,27H,10-13,15-16H2,2H3/t17-,24+/m0/s1. The van der Waals surface area contributed by atoms with E-state index in [0.29, 0.717) is 39.0 Å². The average Bonchev–Trinajstić information content (AvgIpc) is 2.68. The quantitative estimate of drug-likeness (QED) is 0.782. The molecular weight excluding hydrogens is 382 g/mol. The Labute approximate surface area is 176 Å². The van der Waals surface area contributed by atoms with Crippen molar-refractivity contribution in [2.45, 2.75) is 47.7 Å². The minimum Gasteiger partial charge on any atom is -0.385 e. The van der Waals surface area contributed by atoms with Gasteiger partial charge in [-0.15, -0.1) is 6.42 Å². The van der Waals surface area contributed by atoms with Gasteiger partial charge in [-0.05, 0) is 48.4 Å². The third kappa shape index (κ3) is 4.35. The van der Waals surface area contributed by atoms with Crippen molar-refractivity contribution in [2.24, 2.45) is 0 Å². The molecule has 2 atom stereocenters. The van der Waals surface area contributed by atoms with Crippen LogP contribution in [0.1, 0.15) is 30.9 Å². The zero-order valence-corrected chi connectivity index (χ0v) is 17.4.